The van der Waals surface area contributed by atoms with Crippen molar-refractivity contribution in [2.24, 2.45) is 0 Å². The number of nitrogens with zero attached hydrogens (tertiary/aromatic N) is 1. The van der Waals surface area contributed by atoms with Crippen LogP contribution in [-0.4, -0.2) is 17.6 Å². The van der Waals surface area contributed by atoms with Crippen molar-refractivity contribution in [3.05, 3.63) is 29.6 Å². The zero-order valence-corrected chi connectivity index (χ0v) is 8.67. The monoisotopic (exact) mass is 178 g/mol. The highest BCUT2D eigenvalue weighted by atomic mass is 14.9. The molecule has 0 aromatic carbocycles. The molecule has 72 valence electrons. The van der Waals surface area contributed by atoms with Crippen molar-refractivity contribution >= 4 is 0 Å². The molecule has 1 rings (SSSR count). The van der Waals surface area contributed by atoms with E-state index in [0.717, 1.165) is 13.0 Å². The minimum absolute atomic E-state index is 0.567. The summed E-state index contributed by atoms with van der Waals surface area (Å²) in [6.07, 6.45) is 4.89. The van der Waals surface area contributed by atoms with Crippen LogP contribution < -0.4 is 5.32 Å². The molecule has 1 N–H and O–H groups in total. The van der Waals surface area contributed by atoms with E-state index in [2.05, 4.69) is 37.1 Å². The molecule has 0 saturated carbocycles. The van der Waals surface area contributed by atoms with Crippen molar-refractivity contribution in [1.82, 2.24) is 10.3 Å². The van der Waals surface area contributed by atoms with Crippen LogP contribution in [0, 0.1) is 6.92 Å². The van der Waals surface area contributed by atoms with Crippen molar-refractivity contribution in [2.45, 2.75) is 33.2 Å². The molecule has 1 heterocycles. The fraction of sp³-hybridized carbons (Fsp3) is 0.545. The molecule has 0 aliphatic carbocycles. The van der Waals surface area contributed by atoms with Gasteiger partial charge in [0, 0.05) is 18.4 Å². The van der Waals surface area contributed by atoms with E-state index in [1.807, 2.05) is 12.4 Å². The van der Waals surface area contributed by atoms with Crippen LogP contribution >= 0.6 is 0 Å². The number of hydrogen-bond acceptors (Lipinski definition) is 2. The summed E-state index contributed by atoms with van der Waals surface area (Å²) < 4.78 is 0. The summed E-state index contributed by atoms with van der Waals surface area (Å²) in [5, 5.41) is 3.39. The molecular formula is C11H18N2. The smallest absolute Gasteiger partial charge is 0.0300 e. The molecule has 13 heavy (non-hydrogen) atoms. The van der Waals surface area contributed by atoms with E-state index in [9.17, 15) is 0 Å². The van der Waals surface area contributed by atoms with Gasteiger partial charge in [-0.1, -0.05) is 19.9 Å². The highest BCUT2D eigenvalue weighted by Gasteiger charge is 1.95. The van der Waals surface area contributed by atoms with Gasteiger partial charge < -0.3 is 5.32 Å². The summed E-state index contributed by atoms with van der Waals surface area (Å²) >= 11 is 0. The molecule has 0 spiro atoms. The largest absolute Gasteiger partial charge is 0.314 e. The van der Waals surface area contributed by atoms with E-state index in [1.165, 1.54) is 11.1 Å². The van der Waals surface area contributed by atoms with Gasteiger partial charge >= 0.3 is 0 Å². The maximum Gasteiger partial charge on any atom is 0.0300 e. The van der Waals surface area contributed by atoms with Gasteiger partial charge in [-0.15, -0.1) is 0 Å². The minimum atomic E-state index is 0.567. The molecule has 1 aromatic heterocycles. The second kappa shape index (κ2) is 4.97. The van der Waals surface area contributed by atoms with E-state index in [0.29, 0.717) is 6.04 Å². The Labute approximate surface area is 80.4 Å². The number of pyridine rings is 1. The number of aryl methyl sites for hydroxylation is 1. The molecule has 0 aliphatic heterocycles. The van der Waals surface area contributed by atoms with Gasteiger partial charge in [0.1, 0.15) is 0 Å². The molecule has 0 unspecified atom stereocenters. The van der Waals surface area contributed by atoms with E-state index in [-0.39, 0.29) is 0 Å². The maximum absolute atomic E-state index is 4.15. The normalized spacial score (nSPS) is 10.8. The van der Waals surface area contributed by atoms with Gasteiger partial charge in [0.25, 0.3) is 0 Å². The summed E-state index contributed by atoms with van der Waals surface area (Å²) in [5.41, 5.74) is 2.55. The van der Waals surface area contributed by atoms with Crippen LogP contribution in [0.3, 0.4) is 0 Å². The molecule has 0 fully saturated rings. The lowest BCUT2D eigenvalue weighted by molar-refractivity contribution is 0.590. The Morgan fingerprint density at radius 3 is 2.77 bits per heavy atom. The predicted molar refractivity (Wildman–Crippen MR) is 55.8 cm³/mol. The van der Waals surface area contributed by atoms with Crippen LogP contribution in [0.25, 0.3) is 0 Å². The average molecular weight is 178 g/mol. The molecule has 0 atom stereocenters. The quantitative estimate of drug-likeness (QED) is 0.762. The maximum atomic E-state index is 4.15. The van der Waals surface area contributed by atoms with Crippen LogP contribution in [0.1, 0.15) is 25.0 Å². The van der Waals surface area contributed by atoms with E-state index < -0.39 is 0 Å². The molecule has 2 heteroatoms. The van der Waals surface area contributed by atoms with Crippen LogP contribution in [0.5, 0.6) is 0 Å². The molecular weight excluding hydrogens is 160 g/mol. The summed E-state index contributed by atoms with van der Waals surface area (Å²) in [4.78, 5) is 4.15. The van der Waals surface area contributed by atoms with Gasteiger partial charge in [0.2, 0.25) is 0 Å². The first-order valence-corrected chi connectivity index (χ1v) is 4.82. The van der Waals surface area contributed by atoms with Crippen molar-refractivity contribution in [2.75, 3.05) is 6.54 Å². The first-order chi connectivity index (χ1) is 6.18. The third kappa shape index (κ3) is 4.04. The third-order valence-corrected chi connectivity index (χ3v) is 1.90. The predicted octanol–water partition coefficient (Wildman–Crippen LogP) is 1.93. The Morgan fingerprint density at radius 1 is 1.38 bits per heavy atom. The van der Waals surface area contributed by atoms with E-state index in [1.54, 1.807) is 0 Å². The van der Waals surface area contributed by atoms with Gasteiger partial charge in [-0.2, -0.15) is 0 Å². The summed E-state index contributed by atoms with van der Waals surface area (Å²) in [6.45, 7) is 7.43. The fourth-order valence-corrected chi connectivity index (χ4v) is 1.26. The van der Waals surface area contributed by atoms with Crippen LogP contribution in [0.4, 0.5) is 0 Å². The second-order valence-corrected chi connectivity index (χ2v) is 3.73. The Morgan fingerprint density at radius 2 is 2.15 bits per heavy atom. The van der Waals surface area contributed by atoms with Gasteiger partial charge in [0.05, 0.1) is 0 Å². The van der Waals surface area contributed by atoms with Crippen LogP contribution in [-0.2, 0) is 6.42 Å². The SMILES string of the molecule is Cc1cncc(CCNC(C)C)c1. The number of nitrogens with one attached hydrogen (secondary N) is 1. The second-order valence-electron chi connectivity index (χ2n) is 3.73. The van der Waals surface area contributed by atoms with Crippen molar-refractivity contribution in [1.29, 1.82) is 0 Å². The van der Waals surface area contributed by atoms with Crippen molar-refractivity contribution < 1.29 is 0 Å². The Kier molecular flexibility index (Phi) is 3.90. The highest BCUT2D eigenvalue weighted by molar-refractivity contribution is 5.16. The highest BCUT2D eigenvalue weighted by Crippen LogP contribution is 2.01. The van der Waals surface area contributed by atoms with Crippen molar-refractivity contribution in [3.8, 4) is 0 Å². The van der Waals surface area contributed by atoms with E-state index >= 15 is 0 Å². The van der Waals surface area contributed by atoms with Crippen molar-refractivity contribution in [3.63, 3.8) is 0 Å². The first-order valence-electron chi connectivity index (χ1n) is 4.82. The lowest BCUT2D eigenvalue weighted by atomic mass is 10.1. The lowest BCUT2D eigenvalue weighted by Crippen LogP contribution is -2.24. The number of aromatic nitrogens is 1. The Hall–Kier alpha value is -0.890. The molecule has 2 nitrogen and oxygen atoms in total. The average Bonchev–Trinajstić information content (AvgIpc) is 2.03. The van der Waals surface area contributed by atoms with E-state index in [4.69, 9.17) is 0 Å². The van der Waals surface area contributed by atoms with Gasteiger partial charge in [-0.3, -0.25) is 4.98 Å². The Bertz CT molecular complexity index is 256. The third-order valence-electron chi connectivity index (χ3n) is 1.90. The van der Waals surface area contributed by atoms with Crippen LogP contribution in [0.2, 0.25) is 0 Å². The van der Waals surface area contributed by atoms with Gasteiger partial charge in [0.15, 0.2) is 0 Å². The zero-order chi connectivity index (χ0) is 9.68. The molecule has 0 bridgehead atoms. The number of hydrogen-bond donors (Lipinski definition) is 1. The topological polar surface area (TPSA) is 24.9 Å². The van der Waals surface area contributed by atoms with Crippen LogP contribution in [0.15, 0.2) is 18.5 Å². The molecule has 1 aromatic rings. The zero-order valence-electron chi connectivity index (χ0n) is 8.67. The van der Waals surface area contributed by atoms with Gasteiger partial charge in [-0.05, 0) is 31.0 Å². The fourth-order valence-electron chi connectivity index (χ4n) is 1.26. The lowest BCUT2D eigenvalue weighted by Gasteiger charge is -2.07. The molecule has 0 aliphatic rings. The van der Waals surface area contributed by atoms with Gasteiger partial charge in [-0.25, -0.2) is 0 Å². The Balaban J connectivity index is 2.37. The molecule has 0 saturated heterocycles. The summed E-state index contributed by atoms with van der Waals surface area (Å²) in [5.74, 6) is 0. The molecule has 0 radical (unpaired) electrons. The molecule has 0 amide bonds. The summed E-state index contributed by atoms with van der Waals surface area (Å²) in [7, 11) is 0. The first kappa shape index (κ1) is 10.2. The number of rotatable bonds is 4. The summed E-state index contributed by atoms with van der Waals surface area (Å²) in [6, 6.07) is 2.76. The minimum Gasteiger partial charge on any atom is -0.314 e. The standard InChI is InChI=1S/C11H18N2/c1-9(2)13-5-4-11-6-10(3)7-12-8-11/h6-9,13H,4-5H2,1-3H3.